The molecule has 1 atom stereocenters. The molecular formula is C16H22ClN3O2S. The zero-order chi connectivity index (χ0) is 16.8. The summed E-state index contributed by atoms with van der Waals surface area (Å²) in [5.74, 6) is -0.245. The summed E-state index contributed by atoms with van der Waals surface area (Å²) in [5.41, 5.74) is 0.714. The maximum absolute atomic E-state index is 12.1. The highest BCUT2D eigenvalue weighted by atomic mass is 35.5. The van der Waals surface area contributed by atoms with Crippen molar-refractivity contribution in [2.75, 3.05) is 31.5 Å². The topological polar surface area (TPSA) is 61.4 Å². The van der Waals surface area contributed by atoms with Crippen molar-refractivity contribution in [2.24, 2.45) is 0 Å². The van der Waals surface area contributed by atoms with Gasteiger partial charge < -0.3 is 15.5 Å². The predicted octanol–water partition coefficient (Wildman–Crippen LogP) is 2.60. The molecular weight excluding hydrogens is 334 g/mol. The SMILES string of the molecule is CCN(CC)CCNC(=O)CC1Sc2ccc(Cl)cc2NC1=O. The van der Waals surface area contributed by atoms with E-state index in [1.807, 2.05) is 6.07 Å². The molecule has 0 spiro atoms. The third-order valence-electron chi connectivity index (χ3n) is 3.78. The number of halogens is 1. The van der Waals surface area contributed by atoms with Gasteiger partial charge in [0.1, 0.15) is 0 Å². The molecule has 0 saturated carbocycles. The molecule has 1 aliphatic heterocycles. The third-order valence-corrected chi connectivity index (χ3v) is 5.29. The van der Waals surface area contributed by atoms with Crippen molar-refractivity contribution in [3.05, 3.63) is 23.2 Å². The molecule has 1 aromatic carbocycles. The van der Waals surface area contributed by atoms with E-state index >= 15 is 0 Å². The smallest absolute Gasteiger partial charge is 0.238 e. The summed E-state index contributed by atoms with van der Waals surface area (Å²) in [6.45, 7) is 7.55. The van der Waals surface area contributed by atoms with Crippen LogP contribution < -0.4 is 10.6 Å². The van der Waals surface area contributed by atoms with E-state index in [1.165, 1.54) is 11.8 Å². The van der Waals surface area contributed by atoms with E-state index in [2.05, 4.69) is 29.4 Å². The first-order valence-electron chi connectivity index (χ1n) is 7.79. The molecule has 1 unspecified atom stereocenters. The number of anilines is 1. The van der Waals surface area contributed by atoms with Gasteiger partial charge in [0, 0.05) is 29.4 Å². The normalized spacial score (nSPS) is 16.9. The maximum Gasteiger partial charge on any atom is 0.238 e. The quantitative estimate of drug-likeness (QED) is 0.789. The summed E-state index contributed by atoms with van der Waals surface area (Å²) in [5, 5.41) is 5.88. The fourth-order valence-electron chi connectivity index (χ4n) is 2.39. The number of hydrogen-bond acceptors (Lipinski definition) is 4. The van der Waals surface area contributed by atoms with E-state index in [4.69, 9.17) is 11.6 Å². The summed E-state index contributed by atoms with van der Waals surface area (Å²) in [6, 6.07) is 5.38. The number of amides is 2. The number of nitrogens with one attached hydrogen (secondary N) is 2. The Balaban J connectivity index is 1.84. The highest BCUT2D eigenvalue weighted by Gasteiger charge is 2.29. The standard InChI is InChI=1S/C16H22ClN3O2S/c1-3-20(4-2)8-7-18-15(21)10-14-16(22)19-12-9-11(17)5-6-13(12)23-14/h5-6,9,14H,3-4,7-8,10H2,1-2H3,(H,18,21)(H,19,22). The lowest BCUT2D eigenvalue weighted by Crippen LogP contribution is -2.38. The van der Waals surface area contributed by atoms with Crippen LogP contribution in [0.5, 0.6) is 0 Å². The van der Waals surface area contributed by atoms with Gasteiger partial charge in [-0.2, -0.15) is 0 Å². The fraction of sp³-hybridized carbons (Fsp3) is 0.500. The van der Waals surface area contributed by atoms with Crippen molar-refractivity contribution in [2.45, 2.75) is 30.4 Å². The van der Waals surface area contributed by atoms with E-state index in [0.29, 0.717) is 17.3 Å². The first-order valence-corrected chi connectivity index (χ1v) is 9.05. The Bertz CT molecular complexity index is 578. The van der Waals surface area contributed by atoms with Crippen molar-refractivity contribution >= 4 is 40.9 Å². The number of likely N-dealkylation sites (N-methyl/N-ethyl adjacent to an activating group) is 1. The molecule has 7 heteroatoms. The van der Waals surface area contributed by atoms with Crippen LogP contribution in [0.2, 0.25) is 5.02 Å². The Kier molecular flexibility index (Phi) is 6.74. The van der Waals surface area contributed by atoms with Crippen LogP contribution in [-0.2, 0) is 9.59 Å². The molecule has 0 bridgehead atoms. The van der Waals surface area contributed by atoms with E-state index in [-0.39, 0.29) is 18.2 Å². The largest absolute Gasteiger partial charge is 0.355 e. The van der Waals surface area contributed by atoms with Gasteiger partial charge in [-0.3, -0.25) is 9.59 Å². The van der Waals surface area contributed by atoms with Gasteiger partial charge in [0.15, 0.2) is 0 Å². The van der Waals surface area contributed by atoms with E-state index < -0.39 is 5.25 Å². The average molecular weight is 356 g/mol. The molecule has 126 valence electrons. The Labute approximate surface area is 146 Å². The molecule has 1 heterocycles. The Morgan fingerprint density at radius 1 is 1.39 bits per heavy atom. The first kappa shape index (κ1) is 18.1. The molecule has 2 amide bonds. The number of hydrogen-bond donors (Lipinski definition) is 2. The number of fused-ring (bicyclic) bond motifs is 1. The van der Waals surface area contributed by atoms with Crippen LogP contribution in [0.15, 0.2) is 23.1 Å². The van der Waals surface area contributed by atoms with Crippen molar-refractivity contribution in [1.82, 2.24) is 10.2 Å². The number of nitrogens with zero attached hydrogens (tertiary/aromatic N) is 1. The molecule has 0 aromatic heterocycles. The Hall–Kier alpha value is -1.24. The van der Waals surface area contributed by atoms with Crippen molar-refractivity contribution in [1.29, 1.82) is 0 Å². The molecule has 23 heavy (non-hydrogen) atoms. The lowest BCUT2D eigenvalue weighted by molar-refractivity contribution is -0.124. The second-order valence-electron chi connectivity index (χ2n) is 5.32. The minimum absolute atomic E-state index is 0.0952. The minimum atomic E-state index is -0.405. The van der Waals surface area contributed by atoms with Crippen LogP contribution >= 0.6 is 23.4 Å². The number of thioether (sulfide) groups is 1. The van der Waals surface area contributed by atoms with E-state index in [9.17, 15) is 9.59 Å². The monoisotopic (exact) mass is 355 g/mol. The number of rotatable bonds is 7. The summed E-state index contributed by atoms with van der Waals surface area (Å²) in [6.07, 6.45) is 0.177. The van der Waals surface area contributed by atoms with Crippen molar-refractivity contribution in [3.63, 3.8) is 0 Å². The summed E-state index contributed by atoms with van der Waals surface area (Å²) in [4.78, 5) is 27.3. The fourth-order valence-corrected chi connectivity index (χ4v) is 3.65. The van der Waals surface area contributed by atoms with Crippen molar-refractivity contribution < 1.29 is 9.59 Å². The molecule has 2 rings (SSSR count). The van der Waals surface area contributed by atoms with Gasteiger partial charge >= 0.3 is 0 Å². The highest BCUT2D eigenvalue weighted by molar-refractivity contribution is 8.01. The van der Waals surface area contributed by atoms with Gasteiger partial charge in [-0.05, 0) is 31.3 Å². The molecule has 5 nitrogen and oxygen atoms in total. The first-order chi connectivity index (χ1) is 11.0. The number of benzene rings is 1. The van der Waals surface area contributed by atoms with Gasteiger partial charge in [-0.25, -0.2) is 0 Å². The van der Waals surface area contributed by atoms with Crippen LogP contribution in [-0.4, -0.2) is 48.1 Å². The minimum Gasteiger partial charge on any atom is -0.355 e. The molecule has 2 N–H and O–H groups in total. The lowest BCUT2D eigenvalue weighted by Gasteiger charge is -2.24. The van der Waals surface area contributed by atoms with Gasteiger partial charge in [0.2, 0.25) is 11.8 Å². The van der Waals surface area contributed by atoms with Gasteiger partial charge in [0.05, 0.1) is 10.9 Å². The molecule has 0 saturated heterocycles. The number of carbonyl (C=O) groups is 2. The molecule has 0 aliphatic carbocycles. The zero-order valence-corrected chi connectivity index (χ0v) is 15.0. The summed E-state index contributed by atoms with van der Waals surface area (Å²) >= 11 is 7.33. The molecule has 1 aliphatic rings. The van der Waals surface area contributed by atoms with Gasteiger partial charge in [-0.15, -0.1) is 11.8 Å². The highest BCUT2D eigenvalue weighted by Crippen LogP contribution is 2.38. The van der Waals surface area contributed by atoms with Crippen molar-refractivity contribution in [3.8, 4) is 0 Å². The van der Waals surface area contributed by atoms with Gasteiger partial charge in [0.25, 0.3) is 0 Å². The molecule has 0 fully saturated rings. The number of carbonyl (C=O) groups excluding carboxylic acids is 2. The predicted molar refractivity (Wildman–Crippen MR) is 95.1 cm³/mol. The van der Waals surface area contributed by atoms with Crippen LogP contribution in [0.25, 0.3) is 0 Å². The van der Waals surface area contributed by atoms with Gasteiger partial charge in [-0.1, -0.05) is 25.4 Å². The summed E-state index contributed by atoms with van der Waals surface area (Å²) in [7, 11) is 0. The Morgan fingerprint density at radius 3 is 2.83 bits per heavy atom. The second-order valence-corrected chi connectivity index (χ2v) is 7.00. The molecule has 1 aromatic rings. The zero-order valence-electron chi connectivity index (χ0n) is 13.4. The molecule has 0 radical (unpaired) electrons. The van der Waals surface area contributed by atoms with E-state index in [0.717, 1.165) is 24.5 Å². The van der Waals surface area contributed by atoms with Crippen LogP contribution in [0.1, 0.15) is 20.3 Å². The Morgan fingerprint density at radius 2 is 2.13 bits per heavy atom. The van der Waals surface area contributed by atoms with Crippen LogP contribution in [0, 0.1) is 0 Å². The summed E-state index contributed by atoms with van der Waals surface area (Å²) < 4.78 is 0. The maximum atomic E-state index is 12.1. The lowest BCUT2D eigenvalue weighted by atomic mass is 10.2. The van der Waals surface area contributed by atoms with Crippen LogP contribution in [0.3, 0.4) is 0 Å². The third kappa shape index (κ3) is 5.12. The van der Waals surface area contributed by atoms with E-state index in [1.54, 1.807) is 12.1 Å². The average Bonchev–Trinajstić information content (AvgIpc) is 2.52. The second kappa shape index (κ2) is 8.57. The van der Waals surface area contributed by atoms with Crippen LogP contribution in [0.4, 0.5) is 5.69 Å².